The van der Waals surface area contributed by atoms with Crippen molar-refractivity contribution in [1.82, 2.24) is 0 Å². The SMILES string of the molecule is Br.Br.CC1OCC1(N)N. The van der Waals surface area contributed by atoms with Gasteiger partial charge in [-0.15, -0.1) is 34.0 Å². The van der Waals surface area contributed by atoms with Crippen LogP contribution in [0, 0.1) is 0 Å². The maximum Gasteiger partial charge on any atom is 0.114 e. The molecule has 0 radical (unpaired) electrons. The molecule has 1 fully saturated rings. The Morgan fingerprint density at radius 3 is 1.78 bits per heavy atom. The zero-order chi connectivity index (χ0) is 5.49. The highest BCUT2D eigenvalue weighted by molar-refractivity contribution is 8.93. The van der Waals surface area contributed by atoms with Crippen LogP contribution in [0.15, 0.2) is 0 Å². The van der Waals surface area contributed by atoms with Gasteiger partial charge in [0.2, 0.25) is 0 Å². The highest BCUT2D eigenvalue weighted by atomic mass is 79.9. The van der Waals surface area contributed by atoms with E-state index in [0.717, 1.165) is 0 Å². The highest BCUT2D eigenvalue weighted by Crippen LogP contribution is 2.15. The summed E-state index contributed by atoms with van der Waals surface area (Å²) in [6.07, 6.45) is 0.0347. The third-order valence-corrected chi connectivity index (χ3v) is 1.34. The van der Waals surface area contributed by atoms with Crippen LogP contribution in [0.1, 0.15) is 6.92 Å². The number of nitrogens with two attached hydrogens (primary N) is 2. The van der Waals surface area contributed by atoms with Gasteiger partial charge < -0.3 is 16.2 Å². The van der Waals surface area contributed by atoms with Crippen LogP contribution >= 0.6 is 34.0 Å². The lowest BCUT2D eigenvalue weighted by Crippen LogP contribution is -2.69. The lowest BCUT2D eigenvalue weighted by Gasteiger charge is -2.40. The summed E-state index contributed by atoms with van der Waals surface area (Å²) < 4.78 is 4.90. The van der Waals surface area contributed by atoms with Gasteiger partial charge in [-0.05, 0) is 6.92 Å². The maximum atomic E-state index is 5.42. The Balaban J connectivity index is 0. The molecule has 0 aromatic carbocycles. The zero-order valence-corrected chi connectivity index (χ0v) is 8.59. The smallest absolute Gasteiger partial charge is 0.114 e. The first-order valence-corrected chi connectivity index (χ1v) is 2.32. The standard InChI is InChI=1S/C4H10N2O.2BrH/c1-3-4(5,6)2-7-3;;/h3H,2,5-6H2,1H3;2*1H. The minimum absolute atomic E-state index is 0. The van der Waals surface area contributed by atoms with Crippen molar-refractivity contribution in [2.75, 3.05) is 6.61 Å². The molecular formula is C4H12Br2N2O. The molecule has 0 saturated carbocycles. The molecule has 1 heterocycles. The summed E-state index contributed by atoms with van der Waals surface area (Å²) in [6.45, 7) is 2.36. The predicted molar refractivity (Wildman–Crippen MR) is 47.2 cm³/mol. The molecule has 0 aromatic rings. The average molecular weight is 264 g/mol. The minimum Gasteiger partial charge on any atom is -0.372 e. The van der Waals surface area contributed by atoms with E-state index in [-0.39, 0.29) is 40.1 Å². The molecule has 1 unspecified atom stereocenters. The average Bonchev–Trinajstić information content (AvgIpc) is 1.63. The van der Waals surface area contributed by atoms with Crippen LogP contribution in [0.4, 0.5) is 0 Å². The molecule has 1 aliphatic rings. The maximum absolute atomic E-state index is 5.42. The van der Waals surface area contributed by atoms with Gasteiger partial charge in [0.05, 0.1) is 12.7 Å². The second kappa shape index (κ2) is 3.88. The summed E-state index contributed by atoms with van der Waals surface area (Å²) in [4.78, 5) is 0. The van der Waals surface area contributed by atoms with Crippen molar-refractivity contribution in [2.24, 2.45) is 11.5 Å². The second-order valence-corrected chi connectivity index (χ2v) is 2.07. The quantitative estimate of drug-likeness (QED) is 0.613. The van der Waals surface area contributed by atoms with Gasteiger partial charge in [0.15, 0.2) is 0 Å². The fourth-order valence-corrected chi connectivity index (χ4v) is 0.442. The van der Waals surface area contributed by atoms with E-state index in [9.17, 15) is 0 Å². The number of hydrogen-bond acceptors (Lipinski definition) is 3. The summed E-state index contributed by atoms with van der Waals surface area (Å²) in [7, 11) is 0. The summed E-state index contributed by atoms with van der Waals surface area (Å²) in [6, 6.07) is 0. The first-order valence-electron chi connectivity index (χ1n) is 2.32. The molecule has 3 nitrogen and oxygen atoms in total. The van der Waals surface area contributed by atoms with Crippen LogP contribution in [0.2, 0.25) is 0 Å². The van der Waals surface area contributed by atoms with Gasteiger partial charge in [0, 0.05) is 0 Å². The summed E-state index contributed by atoms with van der Waals surface area (Å²) >= 11 is 0. The monoisotopic (exact) mass is 262 g/mol. The third-order valence-electron chi connectivity index (χ3n) is 1.34. The van der Waals surface area contributed by atoms with Crippen molar-refractivity contribution in [1.29, 1.82) is 0 Å². The lowest BCUT2D eigenvalue weighted by atomic mass is 10.0. The fraction of sp³-hybridized carbons (Fsp3) is 1.00. The number of ether oxygens (including phenoxy) is 1. The second-order valence-electron chi connectivity index (χ2n) is 2.07. The predicted octanol–water partition coefficient (Wildman–Crippen LogP) is 0.175. The van der Waals surface area contributed by atoms with Crippen LogP contribution < -0.4 is 11.5 Å². The van der Waals surface area contributed by atoms with Gasteiger partial charge in [-0.2, -0.15) is 0 Å². The zero-order valence-electron chi connectivity index (χ0n) is 5.16. The molecule has 4 N–H and O–H groups in total. The largest absolute Gasteiger partial charge is 0.372 e. The van der Waals surface area contributed by atoms with Gasteiger partial charge in [-0.1, -0.05) is 0 Å². The Bertz CT molecular complexity index is 88.6. The Morgan fingerprint density at radius 2 is 1.78 bits per heavy atom. The molecule has 1 rings (SSSR count). The molecule has 1 saturated heterocycles. The molecule has 5 heteroatoms. The van der Waals surface area contributed by atoms with E-state index in [1.54, 1.807) is 0 Å². The molecule has 0 aromatic heterocycles. The Labute approximate surface area is 75.6 Å². The number of hydrogen-bond donors (Lipinski definition) is 2. The Kier molecular flexibility index (Phi) is 5.39. The molecule has 1 atom stereocenters. The van der Waals surface area contributed by atoms with E-state index in [4.69, 9.17) is 16.2 Å². The number of rotatable bonds is 0. The van der Waals surface area contributed by atoms with Crippen LogP contribution in [0.5, 0.6) is 0 Å². The first kappa shape index (κ1) is 12.5. The molecule has 0 bridgehead atoms. The van der Waals surface area contributed by atoms with Crippen molar-refractivity contribution >= 4 is 34.0 Å². The van der Waals surface area contributed by atoms with Gasteiger partial charge in [0.1, 0.15) is 5.66 Å². The first-order chi connectivity index (χ1) is 3.13. The molecular weight excluding hydrogens is 252 g/mol. The molecule has 9 heavy (non-hydrogen) atoms. The van der Waals surface area contributed by atoms with E-state index in [2.05, 4.69) is 0 Å². The van der Waals surface area contributed by atoms with Crippen molar-refractivity contribution in [3.05, 3.63) is 0 Å². The summed E-state index contributed by atoms with van der Waals surface area (Å²) in [5.41, 5.74) is 10.3. The van der Waals surface area contributed by atoms with E-state index >= 15 is 0 Å². The summed E-state index contributed by atoms with van der Waals surface area (Å²) in [5, 5.41) is 0. The van der Waals surface area contributed by atoms with Crippen molar-refractivity contribution in [3.8, 4) is 0 Å². The molecule has 1 aliphatic heterocycles. The van der Waals surface area contributed by atoms with Crippen molar-refractivity contribution in [2.45, 2.75) is 18.7 Å². The van der Waals surface area contributed by atoms with Crippen molar-refractivity contribution in [3.63, 3.8) is 0 Å². The number of halogens is 2. The summed E-state index contributed by atoms with van der Waals surface area (Å²) in [5.74, 6) is 0. The van der Waals surface area contributed by atoms with Gasteiger partial charge in [-0.3, -0.25) is 0 Å². The fourth-order valence-electron chi connectivity index (χ4n) is 0.442. The van der Waals surface area contributed by atoms with E-state index in [1.807, 2.05) is 6.92 Å². The van der Waals surface area contributed by atoms with Crippen LogP contribution in [0.3, 0.4) is 0 Å². The van der Waals surface area contributed by atoms with E-state index in [1.165, 1.54) is 0 Å². The molecule has 58 valence electrons. The highest BCUT2D eigenvalue weighted by Gasteiger charge is 2.37. The van der Waals surface area contributed by atoms with Crippen LogP contribution in [-0.2, 0) is 4.74 Å². The van der Waals surface area contributed by atoms with Gasteiger partial charge >= 0.3 is 0 Å². The topological polar surface area (TPSA) is 61.3 Å². The lowest BCUT2D eigenvalue weighted by molar-refractivity contribution is -0.118. The normalized spacial score (nSPS) is 29.0. The van der Waals surface area contributed by atoms with E-state index < -0.39 is 5.66 Å². The third kappa shape index (κ3) is 2.51. The molecule has 0 aliphatic carbocycles. The van der Waals surface area contributed by atoms with Crippen LogP contribution in [0.25, 0.3) is 0 Å². The van der Waals surface area contributed by atoms with Gasteiger partial charge in [0.25, 0.3) is 0 Å². The van der Waals surface area contributed by atoms with Crippen LogP contribution in [-0.4, -0.2) is 18.4 Å². The Morgan fingerprint density at radius 1 is 1.44 bits per heavy atom. The van der Waals surface area contributed by atoms with E-state index in [0.29, 0.717) is 6.61 Å². The van der Waals surface area contributed by atoms with Gasteiger partial charge in [-0.25, -0.2) is 0 Å². The minimum atomic E-state index is -0.542. The molecule has 0 amide bonds. The Hall–Kier alpha value is 0.840. The molecule has 0 spiro atoms. The van der Waals surface area contributed by atoms with Crippen molar-refractivity contribution < 1.29 is 4.74 Å².